The molecule has 0 spiro atoms. The molecule has 3 aromatic carbocycles. The summed E-state index contributed by atoms with van der Waals surface area (Å²) >= 11 is 0. The van der Waals surface area contributed by atoms with Gasteiger partial charge in [0.2, 0.25) is 0 Å². The van der Waals surface area contributed by atoms with Crippen molar-refractivity contribution in [1.82, 2.24) is 0 Å². The topological polar surface area (TPSA) is 47.6 Å². The van der Waals surface area contributed by atoms with Crippen molar-refractivity contribution < 1.29 is 23.0 Å². The second kappa shape index (κ2) is 8.14. The Kier molecular flexibility index (Phi) is 5.40. The molecule has 4 rings (SSSR count). The third-order valence-electron chi connectivity index (χ3n) is 5.12. The monoisotopic (exact) mass is 409 g/mol. The molecule has 0 radical (unpaired) electrons. The normalized spacial score (nSPS) is 12.5. The van der Waals surface area contributed by atoms with Crippen molar-refractivity contribution in [3.63, 3.8) is 0 Å². The SMILES string of the molecule is CCc1cc(-c2cc3c(cc2C)OCCO3)ccc1NC(=O)c1c(F)cccc1F. The lowest BCUT2D eigenvalue weighted by Gasteiger charge is -2.21. The van der Waals surface area contributed by atoms with Gasteiger partial charge in [0, 0.05) is 5.69 Å². The van der Waals surface area contributed by atoms with Crippen LogP contribution in [0.4, 0.5) is 14.5 Å². The predicted molar refractivity (Wildman–Crippen MR) is 111 cm³/mol. The van der Waals surface area contributed by atoms with Crippen LogP contribution in [0.1, 0.15) is 28.4 Å². The Morgan fingerprint density at radius 2 is 1.67 bits per heavy atom. The van der Waals surface area contributed by atoms with E-state index >= 15 is 0 Å². The molecule has 6 heteroatoms. The molecule has 1 heterocycles. The molecule has 1 aliphatic heterocycles. The van der Waals surface area contributed by atoms with E-state index < -0.39 is 23.1 Å². The first-order valence-corrected chi connectivity index (χ1v) is 9.77. The fraction of sp³-hybridized carbons (Fsp3) is 0.208. The van der Waals surface area contributed by atoms with E-state index in [1.54, 1.807) is 6.07 Å². The van der Waals surface area contributed by atoms with E-state index in [-0.39, 0.29) is 0 Å². The Morgan fingerprint density at radius 1 is 1.00 bits per heavy atom. The number of aryl methyl sites for hydroxylation is 2. The smallest absolute Gasteiger partial charge is 0.261 e. The highest BCUT2D eigenvalue weighted by Gasteiger charge is 2.19. The van der Waals surface area contributed by atoms with Crippen molar-refractivity contribution in [2.75, 3.05) is 18.5 Å². The summed E-state index contributed by atoms with van der Waals surface area (Å²) in [6.45, 7) is 4.99. The maximum Gasteiger partial charge on any atom is 0.261 e. The first-order chi connectivity index (χ1) is 14.5. The number of carbonyl (C=O) groups excluding carboxylic acids is 1. The van der Waals surface area contributed by atoms with Crippen molar-refractivity contribution in [2.24, 2.45) is 0 Å². The van der Waals surface area contributed by atoms with Gasteiger partial charge in [-0.15, -0.1) is 0 Å². The van der Waals surface area contributed by atoms with E-state index in [0.29, 0.717) is 31.1 Å². The Labute approximate surface area is 173 Å². The molecular formula is C24H21F2NO3. The van der Waals surface area contributed by atoms with Gasteiger partial charge in [-0.05, 0) is 72.0 Å². The number of fused-ring (bicyclic) bond motifs is 1. The lowest BCUT2D eigenvalue weighted by atomic mass is 9.96. The highest BCUT2D eigenvalue weighted by Crippen LogP contribution is 2.38. The molecule has 0 bridgehead atoms. The maximum absolute atomic E-state index is 13.9. The summed E-state index contributed by atoms with van der Waals surface area (Å²) in [7, 11) is 0. The van der Waals surface area contributed by atoms with Crippen LogP contribution in [0.5, 0.6) is 11.5 Å². The summed E-state index contributed by atoms with van der Waals surface area (Å²) in [4.78, 5) is 12.5. The van der Waals surface area contributed by atoms with E-state index in [4.69, 9.17) is 9.47 Å². The fourth-order valence-corrected chi connectivity index (χ4v) is 3.58. The van der Waals surface area contributed by atoms with Gasteiger partial charge in [-0.25, -0.2) is 8.78 Å². The molecule has 4 nitrogen and oxygen atoms in total. The Morgan fingerprint density at radius 3 is 2.33 bits per heavy atom. The van der Waals surface area contributed by atoms with Crippen LogP contribution >= 0.6 is 0 Å². The van der Waals surface area contributed by atoms with Crippen LogP contribution in [0.25, 0.3) is 11.1 Å². The number of benzene rings is 3. The lowest BCUT2D eigenvalue weighted by molar-refractivity contribution is 0.101. The van der Waals surface area contributed by atoms with Gasteiger partial charge in [-0.2, -0.15) is 0 Å². The zero-order valence-corrected chi connectivity index (χ0v) is 16.7. The van der Waals surface area contributed by atoms with E-state index in [0.717, 1.165) is 40.1 Å². The van der Waals surface area contributed by atoms with Crippen LogP contribution in [0.2, 0.25) is 0 Å². The van der Waals surface area contributed by atoms with E-state index in [1.807, 2.05) is 38.1 Å². The molecular weight excluding hydrogens is 388 g/mol. The van der Waals surface area contributed by atoms with Crippen molar-refractivity contribution in [3.05, 3.63) is 76.9 Å². The van der Waals surface area contributed by atoms with Crippen LogP contribution in [0, 0.1) is 18.6 Å². The number of hydrogen-bond acceptors (Lipinski definition) is 3. The van der Waals surface area contributed by atoms with Crippen LogP contribution < -0.4 is 14.8 Å². The summed E-state index contributed by atoms with van der Waals surface area (Å²) in [5.74, 6) is -1.17. The van der Waals surface area contributed by atoms with Gasteiger partial charge in [0.1, 0.15) is 30.4 Å². The number of nitrogens with one attached hydrogen (secondary N) is 1. The molecule has 30 heavy (non-hydrogen) atoms. The minimum Gasteiger partial charge on any atom is -0.486 e. The third-order valence-corrected chi connectivity index (χ3v) is 5.12. The summed E-state index contributed by atoms with van der Waals surface area (Å²) in [5.41, 5.74) is 3.76. The fourth-order valence-electron chi connectivity index (χ4n) is 3.58. The molecule has 1 N–H and O–H groups in total. The first kappa shape index (κ1) is 19.9. The number of amides is 1. The summed E-state index contributed by atoms with van der Waals surface area (Å²) in [6, 6.07) is 12.8. The molecule has 0 fully saturated rings. The summed E-state index contributed by atoms with van der Waals surface area (Å²) < 4.78 is 39.2. The van der Waals surface area contributed by atoms with Crippen LogP contribution in [-0.4, -0.2) is 19.1 Å². The number of anilines is 1. The zero-order chi connectivity index (χ0) is 21.3. The zero-order valence-electron chi connectivity index (χ0n) is 16.7. The molecule has 0 atom stereocenters. The van der Waals surface area contributed by atoms with Gasteiger partial charge in [0.05, 0.1) is 0 Å². The van der Waals surface area contributed by atoms with Crippen LogP contribution in [0.15, 0.2) is 48.5 Å². The molecule has 0 aliphatic carbocycles. The van der Waals surface area contributed by atoms with Crippen LogP contribution in [0.3, 0.4) is 0 Å². The molecule has 1 amide bonds. The van der Waals surface area contributed by atoms with Gasteiger partial charge in [-0.1, -0.05) is 19.1 Å². The average Bonchev–Trinajstić information content (AvgIpc) is 2.73. The number of rotatable bonds is 4. The number of halogens is 2. The molecule has 0 unspecified atom stereocenters. The van der Waals surface area contributed by atoms with Gasteiger partial charge in [-0.3, -0.25) is 4.79 Å². The summed E-state index contributed by atoms with van der Waals surface area (Å²) in [6.07, 6.45) is 0.632. The Balaban J connectivity index is 1.66. The van der Waals surface area contributed by atoms with Crippen molar-refractivity contribution in [3.8, 4) is 22.6 Å². The molecule has 3 aromatic rings. The van der Waals surface area contributed by atoms with Gasteiger partial charge in [0.15, 0.2) is 11.5 Å². The van der Waals surface area contributed by atoms with Crippen molar-refractivity contribution in [1.29, 1.82) is 0 Å². The van der Waals surface area contributed by atoms with E-state index in [1.165, 1.54) is 6.07 Å². The molecule has 0 saturated carbocycles. The van der Waals surface area contributed by atoms with Crippen molar-refractivity contribution in [2.45, 2.75) is 20.3 Å². The second-order valence-corrected chi connectivity index (χ2v) is 7.09. The van der Waals surface area contributed by atoms with E-state index in [2.05, 4.69) is 5.32 Å². The average molecular weight is 409 g/mol. The standard InChI is InChI=1S/C24H21F2NO3/c1-3-15-12-16(17-13-22-21(11-14(17)2)29-9-10-30-22)7-8-20(15)27-24(28)23-18(25)5-4-6-19(23)26/h4-8,11-13H,3,9-10H2,1-2H3,(H,27,28). The van der Waals surface area contributed by atoms with Gasteiger partial charge >= 0.3 is 0 Å². The number of ether oxygens (including phenoxy) is 2. The highest BCUT2D eigenvalue weighted by molar-refractivity contribution is 6.05. The highest BCUT2D eigenvalue weighted by atomic mass is 19.1. The Hall–Kier alpha value is -3.41. The molecule has 154 valence electrons. The molecule has 0 aromatic heterocycles. The quantitative estimate of drug-likeness (QED) is 0.617. The minimum absolute atomic E-state index is 0.507. The van der Waals surface area contributed by atoms with Gasteiger partial charge < -0.3 is 14.8 Å². The summed E-state index contributed by atoms with van der Waals surface area (Å²) in [5, 5.41) is 2.64. The molecule has 1 aliphatic rings. The Bertz CT molecular complexity index is 1110. The van der Waals surface area contributed by atoms with Gasteiger partial charge in [0.25, 0.3) is 5.91 Å². The predicted octanol–water partition coefficient (Wildman–Crippen LogP) is 5.53. The third kappa shape index (κ3) is 3.73. The molecule has 0 saturated heterocycles. The van der Waals surface area contributed by atoms with E-state index in [9.17, 15) is 13.6 Å². The largest absolute Gasteiger partial charge is 0.486 e. The number of hydrogen-bond donors (Lipinski definition) is 1. The minimum atomic E-state index is -0.894. The van der Waals surface area contributed by atoms with Crippen LogP contribution in [-0.2, 0) is 6.42 Å². The first-order valence-electron chi connectivity index (χ1n) is 9.77. The van der Waals surface area contributed by atoms with Crippen molar-refractivity contribution >= 4 is 11.6 Å². The number of carbonyl (C=O) groups is 1. The second-order valence-electron chi connectivity index (χ2n) is 7.09. The maximum atomic E-state index is 13.9. The lowest BCUT2D eigenvalue weighted by Crippen LogP contribution is -2.17.